The SMILES string of the molecule is O=C(NCc1c(-c2ccc(C3CCCCC3)cc2)nc2ccc(I)nn12)c1ccccc1. The number of amides is 1. The van der Waals surface area contributed by atoms with Gasteiger partial charge in [-0.25, -0.2) is 9.50 Å². The van der Waals surface area contributed by atoms with E-state index in [4.69, 9.17) is 4.98 Å². The van der Waals surface area contributed by atoms with Crippen molar-refractivity contribution in [3.8, 4) is 11.3 Å². The molecule has 1 amide bonds. The molecule has 5 rings (SSSR count). The highest BCUT2D eigenvalue weighted by molar-refractivity contribution is 14.1. The van der Waals surface area contributed by atoms with Gasteiger partial charge >= 0.3 is 0 Å². The molecule has 1 aliphatic rings. The molecule has 32 heavy (non-hydrogen) atoms. The predicted octanol–water partition coefficient (Wildman–Crippen LogP) is 5.98. The van der Waals surface area contributed by atoms with Crippen LogP contribution in [0.4, 0.5) is 0 Å². The molecule has 0 saturated heterocycles. The summed E-state index contributed by atoms with van der Waals surface area (Å²) < 4.78 is 2.72. The number of halogens is 1. The Morgan fingerprint density at radius 1 is 0.969 bits per heavy atom. The van der Waals surface area contributed by atoms with Gasteiger partial charge in [-0.2, -0.15) is 5.10 Å². The molecule has 1 fully saturated rings. The Morgan fingerprint density at radius 3 is 2.47 bits per heavy atom. The number of hydrogen-bond donors (Lipinski definition) is 1. The van der Waals surface area contributed by atoms with Crippen LogP contribution in [-0.2, 0) is 6.54 Å². The largest absolute Gasteiger partial charge is 0.346 e. The van der Waals surface area contributed by atoms with Crippen LogP contribution in [0.5, 0.6) is 0 Å². The van der Waals surface area contributed by atoms with E-state index < -0.39 is 0 Å². The second kappa shape index (κ2) is 9.40. The first kappa shape index (κ1) is 21.1. The summed E-state index contributed by atoms with van der Waals surface area (Å²) in [7, 11) is 0. The van der Waals surface area contributed by atoms with Crippen molar-refractivity contribution in [3.05, 3.63) is 87.3 Å². The van der Waals surface area contributed by atoms with Crippen molar-refractivity contribution in [2.45, 2.75) is 44.6 Å². The van der Waals surface area contributed by atoms with Crippen molar-refractivity contribution in [1.82, 2.24) is 19.9 Å². The third-order valence-electron chi connectivity index (χ3n) is 6.25. The molecule has 0 atom stereocenters. The van der Waals surface area contributed by atoms with E-state index in [0.717, 1.165) is 26.3 Å². The molecule has 162 valence electrons. The molecule has 2 aromatic carbocycles. The molecule has 4 aromatic rings. The Balaban J connectivity index is 1.46. The fourth-order valence-corrected chi connectivity index (χ4v) is 4.95. The third kappa shape index (κ3) is 4.41. The lowest BCUT2D eigenvalue weighted by molar-refractivity contribution is 0.0950. The van der Waals surface area contributed by atoms with Crippen LogP contribution >= 0.6 is 22.6 Å². The normalized spacial score (nSPS) is 14.5. The van der Waals surface area contributed by atoms with E-state index in [2.05, 4.69) is 57.3 Å². The van der Waals surface area contributed by atoms with E-state index in [1.165, 1.54) is 37.7 Å². The van der Waals surface area contributed by atoms with Crippen LogP contribution in [0.1, 0.15) is 59.6 Å². The van der Waals surface area contributed by atoms with E-state index in [-0.39, 0.29) is 5.91 Å². The zero-order valence-corrected chi connectivity index (χ0v) is 20.0. The first-order chi connectivity index (χ1) is 15.7. The summed E-state index contributed by atoms with van der Waals surface area (Å²) in [4.78, 5) is 17.5. The highest BCUT2D eigenvalue weighted by atomic mass is 127. The maximum atomic E-state index is 12.6. The van der Waals surface area contributed by atoms with Gasteiger partial charge in [0.1, 0.15) is 3.70 Å². The number of rotatable bonds is 5. The van der Waals surface area contributed by atoms with Gasteiger partial charge in [0.15, 0.2) is 5.65 Å². The van der Waals surface area contributed by atoms with Gasteiger partial charge < -0.3 is 5.32 Å². The van der Waals surface area contributed by atoms with Gasteiger partial charge in [-0.1, -0.05) is 61.7 Å². The summed E-state index contributed by atoms with van der Waals surface area (Å²) >= 11 is 2.20. The first-order valence-electron chi connectivity index (χ1n) is 11.2. The molecule has 0 aliphatic heterocycles. The number of imidazole rings is 1. The van der Waals surface area contributed by atoms with Crippen molar-refractivity contribution >= 4 is 34.1 Å². The quantitative estimate of drug-likeness (QED) is 0.320. The highest BCUT2D eigenvalue weighted by Gasteiger charge is 2.19. The molecule has 0 radical (unpaired) electrons. The predicted molar refractivity (Wildman–Crippen MR) is 135 cm³/mol. The molecule has 2 aromatic heterocycles. The number of nitrogens with one attached hydrogen (secondary N) is 1. The van der Waals surface area contributed by atoms with Crippen molar-refractivity contribution in [3.63, 3.8) is 0 Å². The smallest absolute Gasteiger partial charge is 0.251 e. The molecular weight excluding hydrogens is 511 g/mol. The number of fused-ring (bicyclic) bond motifs is 1. The fourth-order valence-electron chi connectivity index (χ4n) is 4.55. The molecule has 1 aliphatic carbocycles. The van der Waals surface area contributed by atoms with Crippen LogP contribution in [0.2, 0.25) is 0 Å². The summed E-state index contributed by atoms with van der Waals surface area (Å²) in [6, 6.07) is 22.0. The minimum absolute atomic E-state index is 0.107. The lowest BCUT2D eigenvalue weighted by atomic mass is 9.84. The van der Waals surface area contributed by atoms with E-state index in [1.807, 2.05) is 47.0 Å². The molecule has 0 unspecified atom stereocenters. The third-order valence-corrected chi connectivity index (χ3v) is 6.83. The topological polar surface area (TPSA) is 59.3 Å². The second-order valence-electron chi connectivity index (χ2n) is 8.34. The minimum Gasteiger partial charge on any atom is -0.346 e. The average molecular weight is 536 g/mol. The Kier molecular flexibility index (Phi) is 6.21. The highest BCUT2D eigenvalue weighted by Crippen LogP contribution is 2.34. The Labute approximate surface area is 201 Å². The van der Waals surface area contributed by atoms with Crippen LogP contribution in [0.15, 0.2) is 66.7 Å². The molecule has 0 bridgehead atoms. The van der Waals surface area contributed by atoms with Crippen LogP contribution in [0.25, 0.3) is 16.9 Å². The van der Waals surface area contributed by atoms with Gasteiger partial charge in [-0.3, -0.25) is 4.79 Å². The summed E-state index contributed by atoms with van der Waals surface area (Å²) in [6.45, 7) is 0.349. The molecule has 5 nitrogen and oxygen atoms in total. The molecule has 0 spiro atoms. The summed E-state index contributed by atoms with van der Waals surface area (Å²) in [6.07, 6.45) is 6.59. The number of hydrogen-bond acceptors (Lipinski definition) is 3. The second-order valence-corrected chi connectivity index (χ2v) is 9.44. The van der Waals surface area contributed by atoms with Crippen molar-refractivity contribution in [1.29, 1.82) is 0 Å². The van der Waals surface area contributed by atoms with E-state index >= 15 is 0 Å². The molecule has 2 heterocycles. The summed E-state index contributed by atoms with van der Waals surface area (Å²) in [5, 5.41) is 7.70. The number of benzene rings is 2. The molecule has 1 N–H and O–H groups in total. The Morgan fingerprint density at radius 2 is 1.72 bits per heavy atom. The number of carbonyl (C=O) groups is 1. The monoisotopic (exact) mass is 536 g/mol. The molecular formula is C26H25IN4O. The molecule has 1 saturated carbocycles. The lowest BCUT2D eigenvalue weighted by Gasteiger charge is -2.22. The zero-order chi connectivity index (χ0) is 21.9. The Hall–Kier alpha value is -2.74. The van der Waals surface area contributed by atoms with Crippen LogP contribution in [-0.4, -0.2) is 20.5 Å². The lowest BCUT2D eigenvalue weighted by Crippen LogP contribution is -2.24. The van der Waals surface area contributed by atoms with Crippen LogP contribution in [0, 0.1) is 3.70 Å². The van der Waals surface area contributed by atoms with E-state index in [1.54, 1.807) is 0 Å². The van der Waals surface area contributed by atoms with Gasteiger partial charge in [0.2, 0.25) is 0 Å². The number of aromatic nitrogens is 3. The zero-order valence-electron chi connectivity index (χ0n) is 17.8. The fraction of sp³-hybridized carbons (Fsp3) is 0.269. The van der Waals surface area contributed by atoms with Crippen LogP contribution in [0.3, 0.4) is 0 Å². The maximum Gasteiger partial charge on any atom is 0.251 e. The number of carbonyl (C=O) groups excluding carboxylic acids is 1. The standard InChI is InChI=1S/C26H25IN4O/c27-23-15-16-24-29-25(20-13-11-19(12-14-20)18-7-3-1-4-8-18)22(31(24)30-23)17-28-26(32)21-9-5-2-6-10-21/h2,5-6,9-16,18H,1,3-4,7-8,17H2,(H,28,32). The van der Waals surface area contributed by atoms with E-state index in [9.17, 15) is 4.79 Å². The van der Waals surface area contributed by atoms with Gasteiger partial charge in [0, 0.05) is 11.1 Å². The summed E-state index contributed by atoms with van der Waals surface area (Å²) in [5.74, 6) is 0.566. The average Bonchev–Trinajstić information content (AvgIpc) is 3.21. The van der Waals surface area contributed by atoms with Gasteiger partial charge in [-0.05, 0) is 71.2 Å². The van der Waals surface area contributed by atoms with Gasteiger partial charge in [-0.15, -0.1) is 0 Å². The van der Waals surface area contributed by atoms with Crippen molar-refractivity contribution in [2.75, 3.05) is 0 Å². The van der Waals surface area contributed by atoms with Crippen molar-refractivity contribution < 1.29 is 4.79 Å². The van der Waals surface area contributed by atoms with E-state index in [0.29, 0.717) is 18.0 Å². The molecule has 6 heteroatoms. The summed E-state index contributed by atoms with van der Waals surface area (Å²) in [5.41, 5.74) is 5.64. The minimum atomic E-state index is -0.107. The van der Waals surface area contributed by atoms with Gasteiger partial charge in [0.25, 0.3) is 5.91 Å². The Bertz CT molecular complexity index is 1230. The maximum absolute atomic E-state index is 12.6. The first-order valence-corrected chi connectivity index (χ1v) is 12.2. The van der Waals surface area contributed by atoms with Crippen molar-refractivity contribution in [2.24, 2.45) is 0 Å². The van der Waals surface area contributed by atoms with Gasteiger partial charge in [0.05, 0.1) is 17.9 Å². The number of nitrogens with zero attached hydrogens (tertiary/aromatic N) is 3. The van der Waals surface area contributed by atoms with Crippen LogP contribution < -0.4 is 5.32 Å².